The van der Waals surface area contributed by atoms with Gasteiger partial charge in [-0.05, 0) is 47.5 Å². The summed E-state index contributed by atoms with van der Waals surface area (Å²) in [6, 6.07) is 23.4. The molecule has 1 amide bonds. The molecule has 1 aliphatic rings. The monoisotopic (exact) mass is 582 g/mol. The third kappa shape index (κ3) is 6.42. The van der Waals surface area contributed by atoms with E-state index in [-0.39, 0.29) is 13.0 Å². The standard InChI is InChI=1S/C29H31BrN2O6/c30-23-11-7-21(8-12-23)26-29(17-20-5-2-1-3-6-20,28(36)31-24(18-34)19-35)32-27(38-26)22-9-13-25(14-10-22)37-16-4-15-33/h1-3,5-14,24,26,33-35H,4,15-19H2,(H,31,36)/t26-,29-/m1/s1. The minimum absolute atomic E-state index is 0.0547. The van der Waals surface area contributed by atoms with E-state index in [4.69, 9.17) is 19.6 Å². The first-order valence-corrected chi connectivity index (χ1v) is 13.2. The summed E-state index contributed by atoms with van der Waals surface area (Å²) in [6.07, 6.45) is -0.00783. The van der Waals surface area contributed by atoms with Gasteiger partial charge in [-0.2, -0.15) is 0 Å². The number of aliphatic imine (C=N–C) groups is 1. The number of carbonyl (C=O) groups excluding carboxylic acids is 1. The smallest absolute Gasteiger partial charge is 0.253 e. The predicted molar refractivity (Wildman–Crippen MR) is 147 cm³/mol. The number of nitrogens with zero attached hydrogens (tertiary/aromatic N) is 1. The molecule has 8 nitrogen and oxygen atoms in total. The Morgan fingerprint density at radius 3 is 2.32 bits per heavy atom. The molecule has 1 heterocycles. The van der Waals surface area contributed by atoms with Crippen LogP contribution in [0.2, 0.25) is 0 Å². The molecule has 0 fully saturated rings. The van der Waals surface area contributed by atoms with Crippen molar-refractivity contribution in [3.05, 3.63) is 100 Å². The lowest BCUT2D eigenvalue weighted by Crippen LogP contribution is -2.54. The van der Waals surface area contributed by atoms with Gasteiger partial charge >= 0.3 is 0 Å². The van der Waals surface area contributed by atoms with Gasteiger partial charge in [-0.1, -0.05) is 58.4 Å². The molecule has 0 radical (unpaired) electrons. The summed E-state index contributed by atoms with van der Waals surface area (Å²) in [4.78, 5) is 18.9. The van der Waals surface area contributed by atoms with Gasteiger partial charge in [0.1, 0.15) is 5.75 Å². The quantitative estimate of drug-likeness (QED) is 0.243. The second kappa shape index (κ2) is 13.0. The molecule has 0 bridgehead atoms. The van der Waals surface area contributed by atoms with Crippen LogP contribution in [-0.2, 0) is 16.0 Å². The van der Waals surface area contributed by atoms with E-state index in [0.717, 1.165) is 15.6 Å². The summed E-state index contributed by atoms with van der Waals surface area (Å²) < 4.78 is 13.0. The van der Waals surface area contributed by atoms with Crippen LogP contribution in [0.5, 0.6) is 5.75 Å². The number of nitrogens with one attached hydrogen (secondary N) is 1. The highest BCUT2D eigenvalue weighted by Gasteiger charge is 2.53. The first-order valence-electron chi connectivity index (χ1n) is 12.4. The maximum Gasteiger partial charge on any atom is 0.253 e. The molecule has 3 aromatic carbocycles. The Kier molecular flexibility index (Phi) is 9.52. The van der Waals surface area contributed by atoms with Crippen LogP contribution in [0.3, 0.4) is 0 Å². The molecule has 4 rings (SSSR count). The van der Waals surface area contributed by atoms with Crippen LogP contribution in [0.25, 0.3) is 0 Å². The number of aliphatic hydroxyl groups excluding tert-OH is 3. The minimum atomic E-state index is -1.41. The van der Waals surface area contributed by atoms with E-state index in [9.17, 15) is 15.0 Å². The molecule has 0 unspecified atom stereocenters. The number of aliphatic hydroxyl groups is 3. The summed E-state index contributed by atoms with van der Waals surface area (Å²) in [5.41, 5.74) is 0.899. The Labute approximate surface area is 230 Å². The lowest BCUT2D eigenvalue weighted by molar-refractivity contribution is -0.130. The van der Waals surface area contributed by atoms with Crippen molar-refractivity contribution in [1.29, 1.82) is 0 Å². The number of ether oxygens (including phenoxy) is 2. The van der Waals surface area contributed by atoms with Gasteiger partial charge in [0.05, 0.1) is 25.9 Å². The second-order valence-electron chi connectivity index (χ2n) is 9.04. The summed E-state index contributed by atoms with van der Waals surface area (Å²) in [6.45, 7) is -0.376. The Morgan fingerprint density at radius 1 is 1.00 bits per heavy atom. The second-order valence-corrected chi connectivity index (χ2v) is 9.95. The van der Waals surface area contributed by atoms with Crippen molar-refractivity contribution in [2.45, 2.75) is 30.5 Å². The van der Waals surface area contributed by atoms with Crippen LogP contribution in [-0.4, -0.2) is 65.1 Å². The van der Waals surface area contributed by atoms with Crippen LogP contribution in [0.15, 0.2) is 88.3 Å². The van der Waals surface area contributed by atoms with Crippen molar-refractivity contribution >= 4 is 27.7 Å². The Balaban J connectivity index is 1.77. The van der Waals surface area contributed by atoms with E-state index >= 15 is 0 Å². The normalized spacial score (nSPS) is 18.7. The Morgan fingerprint density at radius 2 is 1.68 bits per heavy atom. The number of carbonyl (C=O) groups is 1. The molecule has 0 saturated heterocycles. The van der Waals surface area contributed by atoms with Gasteiger partial charge < -0.3 is 30.1 Å². The third-order valence-electron chi connectivity index (χ3n) is 6.30. The molecular weight excluding hydrogens is 552 g/mol. The summed E-state index contributed by atoms with van der Waals surface area (Å²) in [5, 5.41) is 31.1. The SMILES string of the molecule is O=C(NC(CO)CO)[C@]1(Cc2ccccc2)N=C(c2ccc(OCCCO)cc2)O[C@@H]1c1ccc(Br)cc1. The highest BCUT2D eigenvalue weighted by molar-refractivity contribution is 9.10. The summed E-state index contributed by atoms with van der Waals surface area (Å²) in [7, 11) is 0. The van der Waals surface area contributed by atoms with Gasteiger partial charge in [-0.15, -0.1) is 0 Å². The van der Waals surface area contributed by atoms with Gasteiger partial charge in [-0.25, -0.2) is 4.99 Å². The van der Waals surface area contributed by atoms with Crippen LogP contribution in [0.4, 0.5) is 0 Å². The lowest BCUT2D eigenvalue weighted by atomic mass is 9.82. The van der Waals surface area contributed by atoms with Crippen molar-refractivity contribution in [3.63, 3.8) is 0 Å². The first-order chi connectivity index (χ1) is 18.5. The fourth-order valence-corrected chi connectivity index (χ4v) is 4.55. The molecule has 0 aromatic heterocycles. The van der Waals surface area contributed by atoms with Gasteiger partial charge in [0.25, 0.3) is 5.91 Å². The maximum absolute atomic E-state index is 14.0. The Hall–Kier alpha value is -3.24. The summed E-state index contributed by atoms with van der Waals surface area (Å²) in [5.74, 6) is 0.490. The number of rotatable bonds is 12. The molecule has 4 N–H and O–H groups in total. The largest absolute Gasteiger partial charge is 0.494 e. The molecule has 200 valence electrons. The van der Waals surface area contributed by atoms with Gasteiger partial charge in [0.2, 0.25) is 5.90 Å². The number of amides is 1. The highest BCUT2D eigenvalue weighted by Crippen LogP contribution is 2.43. The van der Waals surface area contributed by atoms with E-state index in [1.165, 1.54) is 0 Å². The fourth-order valence-electron chi connectivity index (χ4n) is 4.29. The van der Waals surface area contributed by atoms with E-state index in [2.05, 4.69) is 21.2 Å². The van der Waals surface area contributed by atoms with Crippen LogP contribution >= 0.6 is 15.9 Å². The molecular formula is C29H31BrN2O6. The zero-order valence-corrected chi connectivity index (χ0v) is 22.4. The van der Waals surface area contributed by atoms with Crippen molar-refractivity contribution in [2.75, 3.05) is 26.4 Å². The average Bonchev–Trinajstić information content (AvgIpc) is 3.33. The van der Waals surface area contributed by atoms with Crippen molar-refractivity contribution in [2.24, 2.45) is 4.99 Å². The predicted octanol–water partition coefficient (Wildman–Crippen LogP) is 3.18. The maximum atomic E-state index is 14.0. The molecule has 0 spiro atoms. The zero-order chi connectivity index (χ0) is 27.0. The first kappa shape index (κ1) is 27.8. The van der Waals surface area contributed by atoms with E-state index in [1.807, 2.05) is 66.7 Å². The van der Waals surface area contributed by atoms with Crippen LogP contribution < -0.4 is 10.1 Å². The van der Waals surface area contributed by atoms with Crippen molar-refractivity contribution in [1.82, 2.24) is 5.32 Å². The van der Waals surface area contributed by atoms with Crippen LogP contribution in [0.1, 0.15) is 29.2 Å². The Bertz CT molecular complexity index is 1220. The lowest BCUT2D eigenvalue weighted by Gasteiger charge is -2.32. The molecule has 0 aliphatic carbocycles. The van der Waals surface area contributed by atoms with Gasteiger partial charge in [-0.3, -0.25) is 4.79 Å². The zero-order valence-electron chi connectivity index (χ0n) is 20.8. The van der Waals surface area contributed by atoms with Gasteiger partial charge in [0.15, 0.2) is 11.6 Å². The van der Waals surface area contributed by atoms with E-state index in [0.29, 0.717) is 30.2 Å². The number of hydrogen-bond donors (Lipinski definition) is 4. The molecule has 1 aliphatic heterocycles. The van der Waals surface area contributed by atoms with E-state index < -0.39 is 36.8 Å². The summed E-state index contributed by atoms with van der Waals surface area (Å²) >= 11 is 3.46. The topological polar surface area (TPSA) is 121 Å². The number of hydrogen-bond acceptors (Lipinski definition) is 7. The van der Waals surface area contributed by atoms with E-state index in [1.54, 1.807) is 12.1 Å². The number of benzene rings is 3. The molecule has 0 saturated carbocycles. The van der Waals surface area contributed by atoms with Crippen molar-refractivity contribution < 1.29 is 29.6 Å². The van der Waals surface area contributed by atoms with Gasteiger partial charge in [0, 0.05) is 29.5 Å². The number of halogens is 1. The fraction of sp³-hybridized carbons (Fsp3) is 0.310. The minimum Gasteiger partial charge on any atom is -0.494 e. The molecule has 3 aromatic rings. The third-order valence-corrected chi connectivity index (χ3v) is 6.82. The molecule has 9 heteroatoms. The van der Waals surface area contributed by atoms with Crippen molar-refractivity contribution in [3.8, 4) is 5.75 Å². The average molecular weight is 583 g/mol. The molecule has 38 heavy (non-hydrogen) atoms. The van der Waals surface area contributed by atoms with Crippen LogP contribution in [0, 0.1) is 0 Å². The highest BCUT2D eigenvalue weighted by atomic mass is 79.9. The molecule has 2 atom stereocenters.